The van der Waals surface area contributed by atoms with Gasteiger partial charge in [-0.3, -0.25) is 4.98 Å². The third kappa shape index (κ3) is 1.95. The molecule has 63 valence electrons. The van der Waals surface area contributed by atoms with Crippen LogP contribution in [0.3, 0.4) is 0 Å². The van der Waals surface area contributed by atoms with Crippen molar-refractivity contribution >= 4 is 15.9 Å². The molecule has 0 amide bonds. The van der Waals surface area contributed by atoms with Crippen molar-refractivity contribution in [3.63, 3.8) is 0 Å². The highest BCUT2D eigenvalue weighted by Gasteiger charge is 1.95. The first kappa shape index (κ1) is 8.45. The normalized spacial score (nSPS) is 9.92. The zero-order chi connectivity index (χ0) is 9.10. The number of benzene rings is 1. The van der Waals surface area contributed by atoms with Gasteiger partial charge in [0.05, 0.1) is 0 Å². The van der Waals surface area contributed by atoms with Gasteiger partial charge in [0.2, 0.25) is 0 Å². The molecule has 1 aromatic heterocycles. The van der Waals surface area contributed by atoms with Crippen LogP contribution in [-0.4, -0.2) is 4.98 Å². The minimum absolute atomic E-state index is 1.02. The van der Waals surface area contributed by atoms with Crippen LogP contribution in [0.15, 0.2) is 47.2 Å². The topological polar surface area (TPSA) is 12.9 Å². The van der Waals surface area contributed by atoms with E-state index in [1.54, 1.807) is 6.20 Å². The lowest BCUT2D eigenvalue weighted by Crippen LogP contribution is -1.78. The third-order valence-corrected chi connectivity index (χ3v) is 2.29. The summed E-state index contributed by atoms with van der Waals surface area (Å²) in [6, 6.07) is 13.0. The quantitative estimate of drug-likeness (QED) is 0.736. The van der Waals surface area contributed by atoms with Gasteiger partial charge in [-0.25, -0.2) is 0 Å². The molecule has 0 spiro atoms. The summed E-state index contributed by atoms with van der Waals surface area (Å²) in [5.41, 5.74) is 2.16. The number of nitrogens with zero attached hydrogens (tertiary/aromatic N) is 1. The van der Waals surface area contributed by atoms with Gasteiger partial charge in [0.1, 0.15) is 0 Å². The first-order chi connectivity index (χ1) is 6.36. The van der Waals surface area contributed by atoms with E-state index in [0.717, 1.165) is 15.6 Å². The Hall–Kier alpha value is -1.15. The molecule has 0 saturated carbocycles. The van der Waals surface area contributed by atoms with E-state index in [0.29, 0.717) is 0 Å². The van der Waals surface area contributed by atoms with Crippen LogP contribution in [0.5, 0.6) is 0 Å². The zero-order valence-electron chi connectivity index (χ0n) is 6.87. The number of hydrogen-bond donors (Lipinski definition) is 0. The van der Waals surface area contributed by atoms with E-state index in [-0.39, 0.29) is 0 Å². The van der Waals surface area contributed by atoms with Crippen LogP contribution >= 0.6 is 15.9 Å². The Morgan fingerprint density at radius 1 is 1.15 bits per heavy atom. The lowest BCUT2D eigenvalue weighted by atomic mass is 10.1. The van der Waals surface area contributed by atoms with Gasteiger partial charge in [-0.2, -0.15) is 0 Å². The van der Waals surface area contributed by atoms with Crippen LogP contribution in [0.1, 0.15) is 0 Å². The van der Waals surface area contributed by atoms with Gasteiger partial charge in [-0.1, -0.05) is 28.1 Å². The lowest BCUT2D eigenvalue weighted by Gasteiger charge is -1.99. The summed E-state index contributed by atoms with van der Waals surface area (Å²) in [5.74, 6) is 0. The Balaban J connectivity index is 2.42. The van der Waals surface area contributed by atoms with E-state index in [1.165, 1.54) is 0 Å². The zero-order valence-corrected chi connectivity index (χ0v) is 8.45. The van der Waals surface area contributed by atoms with Crippen LogP contribution < -0.4 is 0 Å². The smallest absolute Gasteiger partial charge is 0.0352 e. The number of pyridine rings is 1. The Labute approximate surface area is 85.6 Å². The average molecular weight is 233 g/mol. The minimum atomic E-state index is 1.02. The molecule has 1 aromatic carbocycles. The van der Waals surface area contributed by atoms with Gasteiger partial charge in [0.15, 0.2) is 0 Å². The fourth-order valence-corrected chi connectivity index (χ4v) is 1.38. The highest BCUT2D eigenvalue weighted by Crippen LogP contribution is 2.19. The molecule has 2 heteroatoms. The average Bonchev–Trinajstić information content (AvgIpc) is 2.20. The summed E-state index contributed by atoms with van der Waals surface area (Å²) >= 11 is 3.39. The van der Waals surface area contributed by atoms with Crippen LogP contribution in [0.25, 0.3) is 11.1 Å². The molecule has 0 aliphatic rings. The van der Waals surface area contributed by atoms with Crippen LogP contribution in [0.4, 0.5) is 0 Å². The van der Waals surface area contributed by atoms with Gasteiger partial charge < -0.3 is 0 Å². The van der Waals surface area contributed by atoms with E-state index in [2.05, 4.69) is 27.0 Å². The summed E-state index contributed by atoms with van der Waals surface area (Å²) < 4.78 is 1.08. The highest BCUT2D eigenvalue weighted by atomic mass is 79.9. The fraction of sp³-hybridized carbons (Fsp3) is 0. The summed E-state index contributed by atoms with van der Waals surface area (Å²) in [7, 11) is 0. The predicted molar refractivity (Wildman–Crippen MR) is 56.2 cm³/mol. The van der Waals surface area contributed by atoms with Gasteiger partial charge >= 0.3 is 0 Å². The molecule has 0 aliphatic heterocycles. The second kappa shape index (κ2) is 3.71. The molecule has 1 radical (unpaired) electrons. The van der Waals surface area contributed by atoms with Crippen molar-refractivity contribution in [3.05, 3.63) is 53.3 Å². The van der Waals surface area contributed by atoms with Crippen molar-refractivity contribution in [1.82, 2.24) is 4.98 Å². The number of hydrogen-bond acceptors (Lipinski definition) is 1. The fourth-order valence-electron chi connectivity index (χ4n) is 1.11. The molecule has 0 atom stereocenters. The van der Waals surface area contributed by atoms with Gasteiger partial charge in [-0.15, -0.1) is 0 Å². The molecule has 0 N–H and O–H groups in total. The summed E-state index contributed by atoms with van der Waals surface area (Å²) in [6.07, 6.45) is 3.53. The first-order valence-corrected chi connectivity index (χ1v) is 4.73. The number of rotatable bonds is 1. The van der Waals surface area contributed by atoms with Crippen molar-refractivity contribution in [1.29, 1.82) is 0 Å². The molecule has 0 unspecified atom stereocenters. The third-order valence-electron chi connectivity index (χ3n) is 1.76. The predicted octanol–water partition coefficient (Wildman–Crippen LogP) is 3.31. The maximum atomic E-state index is 4.04. The summed E-state index contributed by atoms with van der Waals surface area (Å²) in [5, 5.41) is 0. The first-order valence-electron chi connectivity index (χ1n) is 3.94. The van der Waals surface area contributed by atoms with Gasteiger partial charge in [-0.05, 0) is 29.8 Å². The van der Waals surface area contributed by atoms with E-state index in [4.69, 9.17) is 0 Å². The van der Waals surface area contributed by atoms with Crippen molar-refractivity contribution in [3.8, 4) is 11.1 Å². The molecule has 0 aliphatic carbocycles. The second-order valence-corrected chi connectivity index (χ2v) is 3.57. The monoisotopic (exact) mass is 232 g/mol. The maximum absolute atomic E-state index is 4.04. The Morgan fingerprint density at radius 3 is 2.54 bits per heavy atom. The van der Waals surface area contributed by atoms with E-state index in [9.17, 15) is 0 Å². The highest BCUT2D eigenvalue weighted by molar-refractivity contribution is 9.10. The van der Waals surface area contributed by atoms with Crippen LogP contribution in [0.2, 0.25) is 0 Å². The molecule has 0 fully saturated rings. The number of halogens is 1. The largest absolute Gasteiger partial charge is 0.264 e. The number of aromatic nitrogens is 1. The van der Waals surface area contributed by atoms with Crippen LogP contribution in [-0.2, 0) is 0 Å². The van der Waals surface area contributed by atoms with E-state index in [1.807, 2.05) is 36.5 Å². The molecule has 2 aromatic rings. The molecule has 13 heavy (non-hydrogen) atoms. The molecule has 0 saturated heterocycles. The molecular weight excluding hydrogens is 226 g/mol. The van der Waals surface area contributed by atoms with Gasteiger partial charge in [0, 0.05) is 22.4 Å². The van der Waals surface area contributed by atoms with Crippen molar-refractivity contribution in [2.24, 2.45) is 0 Å². The Bertz CT molecular complexity index is 381. The minimum Gasteiger partial charge on any atom is -0.264 e. The summed E-state index contributed by atoms with van der Waals surface area (Å²) in [6.45, 7) is 0. The van der Waals surface area contributed by atoms with Crippen LogP contribution in [0, 0.1) is 6.07 Å². The maximum Gasteiger partial charge on any atom is 0.0352 e. The van der Waals surface area contributed by atoms with Gasteiger partial charge in [0.25, 0.3) is 0 Å². The second-order valence-electron chi connectivity index (χ2n) is 2.66. The standard InChI is InChI=1S/C11H7BrN/c12-11-5-3-9(4-6-11)10-2-1-7-13-8-10/h1,3-8H. The van der Waals surface area contributed by atoms with E-state index >= 15 is 0 Å². The van der Waals surface area contributed by atoms with Crippen molar-refractivity contribution < 1.29 is 0 Å². The molecule has 0 bridgehead atoms. The van der Waals surface area contributed by atoms with Crippen molar-refractivity contribution in [2.45, 2.75) is 0 Å². The molecule has 1 heterocycles. The summed E-state index contributed by atoms with van der Waals surface area (Å²) in [4.78, 5) is 4.04. The van der Waals surface area contributed by atoms with E-state index < -0.39 is 0 Å². The lowest BCUT2D eigenvalue weighted by molar-refractivity contribution is 1.32. The molecular formula is C11H7BrN. The Kier molecular flexibility index (Phi) is 2.41. The molecule has 2 rings (SSSR count). The Morgan fingerprint density at radius 2 is 1.92 bits per heavy atom. The van der Waals surface area contributed by atoms with Crippen molar-refractivity contribution in [2.75, 3.05) is 0 Å². The molecule has 1 nitrogen and oxygen atoms in total. The SMILES string of the molecule is Brc1ccc(-c2[c]ccnc2)cc1.